The van der Waals surface area contributed by atoms with Gasteiger partial charge >= 0.3 is 5.63 Å². The number of carbonyl (C=O) groups excluding carboxylic acids is 1. The molecular weight excluding hydrogens is 396 g/mol. The highest BCUT2D eigenvalue weighted by atomic mass is 16.5. The first-order valence-corrected chi connectivity index (χ1v) is 9.46. The van der Waals surface area contributed by atoms with Crippen LogP contribution in [0.5, 0.6) is 5.88 Å². The lowest BCUT2D eigenvalue weighted by Crippen LogP contribution is -2.20. The fourth-order valence-corrected chi connectivity index (χ4v) is 3.26. The van der Waals surface area contributed by atoms with Gasteiger partial charge in [0, 0.05) is 22.7 Å². The van der Waals surface area contributed by atoms with E-state index in [1.54, 1.807) is 54.2 Å². The zero-order valence-corrected chi connectivity index (χ0v) is 16.4. The second-order valence-electron chi connectivity index (χ2n) is 6.82. The maximum absolute atomic E-state index is 12.6. The van der Waals surface area contributed by atoms with Crippen LogP contribution in [0, 0.1) is 0 Å². The minimum atomic E-state index is -0.680. The first-order valence-electron chi connectivity index (χ1n) is 9.46. The number of anilines is 1. The molecule has 5 aromatic rings. The average molecular weight is 412 g/mol. The van der Waals surface area contributed by atoms with E-state index in [0.717, 1.165) is 11.3 Å². The van der Waals surface area contributed by atoms with E-state index in [0.29, 0.717) is 28.2 Å². The Labute approximate surface area is 175 Å². The van der Waals surface area contributed by atoms with E-state index in [-0.39, 0.29) is 5.56 Å². The van der Waals surface area contributed by atoms with Gasteiger partial charge in [-0.05, 0) is 30.3 Å². The van der Waals surface area contributed by atoms with Crippen LogP contribution in [0.25, 0.3) is 27.9 Å². The zero-order valence-electron chi connectivity index (χ0n) is 16.4. The summed E-state index contributed by atoms with van der Waals surface area (Å²) in [7, 11) is 1.56. The van der Waals surface area contributed by atoms with E-state index >= 15 is 0 Å². The van der Waals surface area contributed by atoms with E-state index in [2.05, 4.69) is 15.4 Å². The molecule has 152 valence electrons. The summed E-state index contributed by atoms with van der Waals surface area (Å²) in [5.74, 6) is -0.0380. The lowest BCUT2D eigenvalue weighted by atomic mass is 10.1. The topological polar surface area (TPSA) is 98.7 Å². The maximum Gasteiger partial charge on any atom is 0.349 e. The van der Waals surface area contributed by atoms with Gasteiger partial charge in [0.1, 0.15) is 11.1 Å². The number of imidazole rings is 1. The predicted molar refractivity (Wildman–Crippen MR) is 115 cm³/mol. The van der Waals surface area contributed by atoms with Crippen molar-refractivity contribution in [2.24, 2.45) is 0 Å². The molecule has 0 unspecified atom stereocenters. The largest absolute Gasteiger partial charge is 0.480 e. The molecule has 0 fully saturated rings. The van der Waals surface area contributed by atoms with Crippen LogP contribution in [0.1, 0.15) is 10.4 Å². The Balaban J connectivity index is 1.38. The molecule has 0 saturated carbocycles. The number of benzene rings is 2. The molecule has 1 N–H and O–H groups in total. The highest BCUT2D eigenvalue weighted by Crippen LogP contribution is 2.22. The third-order valence-corrected chi connectivity index (χ3v) is 4.83. The molecule has 3 heterocycles. The summed E-state index contributed by atoms with van der Waals surface area (Å²) >= 11 is 0. The molecule has 1 amide bonds. The van der Waals surface area contributed by atoms with E-state index < -0.39 is 11.5 Å². The van der Waals surface area contributed by atoms with E-state index in [9.17, 15) is 9.59 Å². The van der Waals surface area contributed by atoms with Gasteiger partial charge in [0.05, 0.1) is 19.0 Å². The first kappa shape index (κ1) is 18.6. The van der Waals surface area contributed by atoms with Gasteiger partial charge in [0.15, 0.2) is 5.65 Å². The highest BCUT2D eigenvalue weighted by molar-refractivity contribution is 6.05. The quantitative estimate of drug-likeness (QED) is 0.451. The Morgan fingerprint density at radius 2 is 1.87 bits per heavy atom. The van der Waals surface area contributed by atoms with Gasteiger partial charge < -0.3 is 14.5 Å². The van der Waals surface area contributed by atoms with Crippen LogP contribution in [-0.2, 0) is 0 Å². The van der Waals surface area contributed by atoms with Crippen LogP contribution in [0.3, 0.4) is 0 Å². The van der Waals surface area contributed by atoms with Crippen molar-refractivity contribution in [1.29, 1.82) is 0 Å². The number of nitrogens with zero attached hydrogens (tertiary/aromatic N) is 3. The van der Waals surface area contributed by atoms with Crippen molar-refractivity contribution in [3.8, 4) is 17.1 Å². The number of para-hydroxylation sites is 1. The fraction of sp³-hybridized carbons (Fsp3) is 0.0435. The van der Waals surface area contributed by atoms with Crippen molar-refractivity contribution in [2.75, 3.05) is 12.4 Å². The molecule has 2 aromatic carbocycles. The van der Waals surface area contributed by atoms with Gasteiger partial charge in [-0.1, -0.05) is 30.3 Å². The van der Waals surface area contributed by atoms with E-state index in [1.165, 1.54) is 6.07 Å². The summed E-state index contributed by atoms with van der Waals surface area (Å²) < 4.78 is 12.0. The van der Waals surface area contributed by atoms with Crippen molar-refractivity contribution in [3.63, 3.8) is 0 Å². The average Bonchev–Trinajstić information content (AvgIpc) is 3.22. The smallest absolute Gasteiger partial charge is 0.349 e. The molecule has 8 heteroatoms. The SMILES string of the molecule is COc1ccc2nc(-c3ccc(NC(=O)c4cc5ccccc5oc4=O)cc3)cn2n1. The molecule has 0 atom stereocenters. The van der Waals surface area contributed by atoms with Gasteiger partial charge in [-0.2, -0.15) is 0 Å². The normalized spacial score (nSPS) is 11.0. The fourth-order valence-electron chi connectivity index (χ4n) is 3.26. The zero-order chi connectivity index (χ0) is 21.4. The van der Waals surface area contributed by atoms with Gasteiger partial charge in [0.2, 0.25) is 5.88 Å². The van der Waals surface area contributed by atoms with Gasteiger partial charge in [-0.3, -0.25) is 4.79 Å². The Morgan fingerprint density at radius 1 is 1.06 bits per heavy atom. The molecule has 0 saturated heterocycles. The summed E-state index contributed by atoms with van der Waals surface area (Å²) in [6, 6.07) is 19.3. The summed E-state index contributed by atoms with van der Waals surface area (Å²) in [5.41, 5.74) is 2.53. The van der Waals surface area contributed by atoms with Crippen LogP contribution in [0.15, 0.2) is 82.1 Å². The van der Waals surface area contributed by atoms with Crippen LogP contribution in [0.2, 0.25) is 0 Å². The van der Waals surface area contributed by atoms with Crippen molar-refractivity contribution in [2.45, 2.75) is 0 Å². The second kappa shape index (κ2) is 7.42. The summed E-state index contributed by atoms with van der Waals surface area (Å²) in [5, 5.41) is 7.71. The highest BCUT2D eigenvalue weighted by Gasteiger charge is 2.14. The molecule has 0 radical (unpaired) electrons. The summed E-state index contributed by atoms with van der Waals surface area (Å²) in [6.07, 6.45) is 1.80. The van der Waals surface area contributed by atoms with Crippen molar-refractivity contribution < 1.29 is 13.9 Å². The Bertz CT molecular complexity index is 1490. The predicted octanol–water partition coefficient (Wildman–Crippen LogP) is 3.76. The molecule has 0 bridgehead atoms. The van der Waals surface area contributed by atoms with Gasteiger partial charge in [-0.15, -0.1) is 5.10 Å². The molecule has 8 nitrogen and oxygen atoms in total. The first-order chi connectivity index (χ1) is 15.1. The molecule has 0 aliphatic rings. The Hall–Kier alpha value is -4.46. The van der Waals surface area contributed by atoms with Crippen molar-refractivity contribution in [3.05, 3.63) is 88.9 Å². The number of nitrogens with one attached hydrogen (secondary N) is 1. The number of ether oxygens (including phenoxy) is 1. The number of rotatable bonds is 4. The van der Waals surface area contributed by atoms with E-state index in [4.69, 9.17) is 9.15 Å². The minimum Gasteiger partial charge on any atom is -0.480 e. The number of hydrogen-bond donors (Lipinski definition) is 1. The maximum atomic E-state index is 12.6. The standard InChI is InChI=1S/C23H16N4O4/c1-30-21-11-10-20-25-18(13-27(20)26-21)14-6-8-16(9-7-14)24-22(28)17-12-15-4-2-3-5-19(15)31-23(17)29/h2-13H,1H3,(H,24,28). The third-order valence-electron chi connectivity index (χ3n) is 4.83. The number of methoxy groups -OCH3 is 1. The molecule has 3 aromatic heterocycles. The minimum absolute atomic E-state index is 0.0526. The summed E-state index contributed by atoms with van der Waals surface area (Å²) in [6.45, 7) is 0. The van der Waals surface area contributed by atoms with Crippen LogP contribution in [0.4, 0.5) is 5.69 Å². The number of fused-ring (bicyclic) bond motifs is 2. The Morgan fingerprint density at radius 3 is 2.68 bits per heavy atom. The molecular formula is C23H16N4O4. The molecule has 5 rings (SSSR count). The lowest BCUT2D eigenvalue weighted by molar-refractivity contribution is 0.102. The van der Waals surface area contributed by atoms with E-state index in [1.807, 2.05) is 24.3 Å². The van der Waals surface area contributed by atoms with Crippen molar-refractivity contribution >= 4 is 28.2 Å². The summed E-state index contributed by atoms with van der Waals surface area (Å²) in [4.78, 5) is 29.3. The molecule has 31 heavy (non-hydrogen) atoms. The van der Waals surface area contributed by atoms with Crippen LogP contribution < -0.4 is 15.7 Å². The Kier molecular flexibility index (Phi) is 4.44. The molecule has 0 aliphatic heterocycles. The van der Waals surface area contributed by atoms with Crippen molar-refractivity contribution in [1.82, 2.24) is 14.6 Å². The monoisotopic (exact) mass is 412 g/mol. The second-order valence-corrected chi connectivity index (χ2v) is 6.82. The molecule has 0 spiro atoms. The van der Waals surface area contributed by atoms with Crippen LogP contribution in [-0.4, -0.2) is 27.6 Å². The lowest BCUT2D eigenvalue weighted by Gasteiger charge is -2.06. The van der Waals surface area contributed by atoms with Gasteiger partial charge in [-0.25, -0.2) is 14.3 Å². The number of carbonyl (C=O) groups is 1. The number of aromatic nitrogens is 3. The number of hydrogen-bond acceptors (Lipinski definition) is 6. The molecule has 0 aliphatic carbocycles. The van der Waals surface area contributed by atoms with Gasteiger partial charge in [0.25, 0.3) is 5.91 Å². The van der Waals surface area contributed by atoms with Crippen LogP contribution >= 0.6 is 0 Å². The third kappa shape index (κ3) is 3.51. The number of amides is 1.